The summed E-state index contributed by atoms with van der Waals surface area (Å²) in [5.74, 6) is 0.238. The van der Waals surface area contributed by atoms with Gasteiger partial charge in [0.25, 0.3) is 0 Å². The lowest BCUT2D eigenvalue weighted by atomic mass is 9.72. The van der Waals surface area contributed by atoms with Crippen molar-refractivity contribution in [3.63, 3.8) is 0 Å². The second kappa shape index (κ2) is 15.7. The molecule has 1 aliphatic rings. The quantitative estimate of drug-likeness (QED) is 0.227. The number of amides is 4. The van der Waals surface area contributed by atoms with E-state index in [2.05, 4.69) is 29.4 Å². The third kappa shape index (κ3) is 7.69. The summed E-state index contributed by atoms with van der Waals surface area (Å²) in [6.07, 6.45) is 3.74. The van der Waals surface area contributed by atoms with Gasteiger partial charge >= 0.3 is 6.03 Å². The molecule has 0 aliphatic carbocycles. The summed E-state index contributed by atoms with van der Waals surface area (Å²) in [5.41, 5.74) is 0.130. The number of likely N-dealkylation sites (tertiary alicyclic amines) is 1. The van der Waals surface area contributed by atoms with Crippen LogP contribution in [0.5, 0.6) is 5.75 Å². The molecule has 9 nitrogen and oxygen atoms in total. The number of carbonyl (C=O) groups excluding carboxylic acids is 3. The standard InChI is InChI=1S/C29H48N4O5/c1-7-14-24(22-15-17-23(37-6)18-16-22)31-28(36)33-26(35)29(8-2,9-3)27(33)38-21-25(34)30-19-12-13-20-32(10-4)11-5/h15-18,24,27H,7-14,19-21H2,1-6H3,(H,30,34)(H,31,36)/t24-,27?/m1/s1. The second-order valence-electron chi connectivity index (χ2n) is 9.85. The number of nitrogens with zero attached hydrogens (tertiary/aromatic N) is 2. The number of benzene rings is 1. The summed E-state index contributed by atoms with van der Waals surface area (Å²) in [5, 5.41) is 5.91. The van der Waals surface area contributed by atoms with Crippen LogP contribution in [-0.4, -0.2) is 73.8 Å². The van der Waals surface area contributed by atoms with Crippen molar-refractivity contribution in [1.29, 1.82) is 0 Å². The minimum Gasteiger partial charge on any atom is -0.497 e. The number of rotatable bonds is 17. The van der Waals surface area contributed by atoms with Gasteiger partial charge in [-0.05, 0) is 69.4 Å². The molecule has 0 aromatic heterocycles. The first-order chi connectivity index (χ1) is 18.3. The highest BCUT2D eigenvalue weighted by molar-refractivity contribution is 6.03. The maximum Gasteiger partial charge on any atom is 0.326 e. The van der Waals surface area contributed by atoms with Gasteiger partial charge in [0, 0.05) is 6.54 Å². The van der Waals surface area contributed by atoms with Gasteiger partial charge in [-0.2, -0.15) is 0 Å². The topological polar surface area (TPSA) is 100 Å². The van der Waals surface area contributed by atoms with E-state index in [0.717, 1.165) is 61.5 Å². The van der Waals surface area contributed by atoms with Crippen LogP contribution in [0.2, 0.25) is 0 Å². The van der Waals surface area contributed by atoms with Gasteiger partial charge in [-0.1, -0.05) is 53.2 Å². The van der Waals surface area contributed by atoms with E-state index in [9.17, 15) is 14.4 Å². The molecule has 1 unspecified atom stereocenters. The molecule has 1 heterocycles. The Bertz CT molecular complexity index is 883. The zero-order valence-corrected chi connectivity index (χ0v) is 24.2. The zero-order valence-electron chi connectivity index (χ0n) is 24.2. The van der Waals surface area contributed by atoms with Crippen LogP contribution in [0, 0.1) is 5.41 Å². The number of ether oxygens (including phenoxy) is 2. The minimum atomic E-state index is -0.804. The summed E-state index contributed by atoms with van der Waals surface area (Å²) >= 11 is 0. The van der Waals surface area contributed by atoms with E-state index in [0.29, 0.717) is 19.4 Å². The monoisotopic (exact) mass is 532 g/mol. The number of nitrogens with one attached hydrogen (secondary N) is 2. The van der Waals surface area contributed by atoms with Crippen LogP contribution in [0.4, 0.5) is 4.79 Å². The van der Waals surface area contributed by atoms with E-state index >= 15 is 0 Å². The fraction of sp³-hybridized carbons (Fsp3) is 0.690. The molecular formula is C29H48N4O5. The molecule has 0 bridgehead atoms. The molecule has 1 fully saturated rings. The van der Waals surface area contributed by atoms with Crippen LogP contribution in [0.1, 0.15) is 84.7 Å². The molecule has 0 radical (unpaired) electrons. The van der Waals surface area contributed by atoms with Gasteiger partial charge in [-0.15, -0.1) is 0 Å². The van der Waals surface area contributed by atoms with Gasteiger partial charge in [-0.25, -0.2) is 9.69 Å². The maximum absolute atomic E-state index is 13.3. The van der Waals surface area contributed by atoms with Crippen LogP contribution in [0.15, 0.2) is 24.3 Å². The summed E-state index contributed by atoms with van der Waals surface area (Å²) in [6.45, 7) is 13.6. The molecule has 0 spiro atoms. The molecular weight excluding hydrogens is 484 g/mol. The van der Waals surface area contributed by atoms with E-state index in [4.69, 9.17) is 9.47 Å². The first-order valence-corrected chi connectivity index (χ1v) is 14.2. The summed E-state index contributed by atoms with van der Waals surface area (Å²) in [4.78, 5) is 42.5. The molecule has 1 aliphatic heterocycles. The van der Waals surface area contributed by atoms with Gasteiger partial charge in [-0.3, -0.25) is 9.59 Å². The Balaban J connectivity index is 1.99. The third-order valence-electron chi connectivity index (χ3n) is 7.72. The first kappa shape index (κ1) is 31.6. The molecule has 38 heavy (non-hydrogen) atoms. The van der Waals surface area contributed by atoms with Gasteiger partial charge in [0.2, 0.25) is 11.8 Å². The highest BCUT2D eigenvalue weighted by atomic mass is 16.5. The third-order valence-corrected chi connectivity index (χ3v) is 7.72. The van der Waals surface area contributed by atoms with Gasteiger partial charge < -0.3 is 25.0 Å². The lowest BCUT2D eigenvalue weighted by Gasteiger charge is -2.53. The number of unbranched alkanes of at least 4 members (excludes halogenated alkanes) is 1. The highest BCUT2D eigenvalue weighted by Crippen LogP contribution is 2.46. The summed E-state index contributed by atoms with van der Waals surface area (Å²) in [7, 11) is 1.61. The van der Waals surface area contributed by atoms with Gasteiger partial charge in [0.15, 0.2) is 6.23 Å². The Morgan fingerprint density at radius 2 is 1.71 bits per heavy atom. The van der Waals surface area contributed by atoms with E-state index < -0.39 is 17.7 Å². The van der Waals surface area contributed by atoms with Crippen molar-refractivity contribution in [2.24, 2.45) is 5.41 Å². The predicted octanol–water partition coefficient (Wildman–Crippen LogP) is 4.48. The molecule has 9 heteroatoms. The number of hydrogen-bond donors (Lipinski definition) is 2. The van der Waals surface area contributed by atoms with Crippen molar-refractivity contribution < 1.29 is 23.9 Å². The molecule has 2 N–H and O–H groups in total. The van der Waals surface area contributed by atoms with Crippen molar-refractivity contribution in [2.45, 2.75) is 85.4 Å². The Morgan fingerprint density at radius 1 is 1.05 bits per heavy atom. The second-order valence-corrected chi connectivity index (χ2v) is 9.85. The molecule has 214 valence electrons. The minimum absolute atomic E-state index is 0.198. The number of urea groups is 1. The average Bonchev–Trinajstić information content (AvgIpc) is 2.93. The fourth-order valence-corrected chi connectivity index (χ4v) is 5.07. The Labute approximate surface area is 228 Å². The van der Waals surface area contributed by atoms with Gasteiger partial charge in [0.05, 0.1) is 18.6 Å². The van der Waals surface area contributed by atoms with E-state index in [1.54, 1.807) is 7.11 Å². The lowest BCUT2D eigenvalue weighted by molar-refractivity contribution is -0.210. The smallest absolute Gasteiger partial charge is 0.326 e. The van der Waals surface area contributed by atoms with Crippen molar-refractivity contribution in [2.75, 3.05) is 39.9 Å². The fourth-order valence-electron chi connectivity index (χ4n) is 5.07. The van der Waals surface area contributed by atoms with Crippen LogP contribution >= 0.6 is 0 Å². The van der Waals surface area contributed by atoms with E-state index in [1.165, 1.54) is 0 Å². The maximum atomic E-state index is 13.3. The Morgan fingerprint density at radius 3 is 2.26 bits per heavy atom. The molecule has 1 saturated heterocycles. The molecule has 2 rings (SSSR count). The number of imide groups is 1. The van der Waals surface area contributed by atoms with Crippen molar-refractivity contribution in [3.8, 4) is 5.75 Å². The molecule has 0 saturated carbocycles. The number of β-lactam (4-membered cyclic amide) rings is 1. The van der Waals surface area contributed by atoms with Crippen LogP contribution < -0.4 is 15.4 Å². The van der Waals surface area contributed by atoms with E-state index in [1.807, 2.05) is 45.0 Å². The summed E-state index contributed by atoms with van der Waals surface area (Å²) in [6, 6.07) is 6.78. The van der Waals surface area contributed by atoms with Crippen molar-refractivity contribution >= 4 is 17.8 Å². The van der Waals surface area contributed by atoms with Crippen LogP contribution in [-0.2, 0) is 14.3 Å². The Kier molecular flexibility index (Phi) is 13.0. The molecule has 4 amide bonds. The first-order valence-electron chi connectivity index (χ1n) is 14.2. The normalized spacial score (nSPS) is 17.2. The number of hydrogen-bond acceptors (Lipinski definition) is 6. The Hall–Kier alpha value is -2.65. The number of carbonyl (C=O) groups is 3. The summed E-state index contributed by atoms with van der Waals surface area (Å²) < 4.78 is 11.2. The van der Waals surface area contributed by atoms with Crippen molar-refractivity contribution in [3.05, 3.63) is 29.8 Å². The van der Waals surface area contributed by atoms with Crippen molar-refractivity contribution in [1.82, 2.24) is 20.4 Å². The molecule has 1 aromatic rings. The number of methoxy groups -OCH3 is 1. The largest absolute Gasteiger partial charge is 0.497 e. The predicted molar refractivity (Wildman–Crippen MR) is 149 cm³/mol. The molecule has 2 atom stereocenters. The van der Waals surface area contributed by atoms with E-state index in [-0.39, 0.29) is 24.5 Å². The lowest BCUT2D eigenvalue weighted by Crippen LogP contribution is -2.72. The molecule has 1 aromatic carbocycles. The average molecular weight is 533 g/mol. The SMILES string of the molecule is CCC[C@@H](NC(=O)N1C(=O)C(CC)(CC)C1OCC(=O)NCCCCN(CC)CC)c1ccc(OC)cc1. The highest BCUT2D eigenvalue weighted by Gasteiger charge is 2.62. The van der Waals surface area contributed by atoms with Gasteiger partial charge in [0.1, 0.15) is 12.4 Å². The van der Waals surface area contributed by atoms with Crippen LogP contribution in [0.25, 0.3) is 0 Å². The zero-order chi connectivity index (χ0) is 28.1. The van der Waals surface area contributed by atoms with Crippen LogP contribution in [0.3, 0.4) is 0 Å².